The summed E-state index contributed by atoms with van der Waals surface area (Å²) >= 11 is 0. The average molecular weight is 2020 g/mol. The number of carbonyl (C=O) groups excluding carboxylic acids is 6. The molecule has 8 atom stereocenters. The molecule has 31 nitrogen and oxygen atoms in total. The van der Waals surface area contributed by atoms with E-state index in [2.05, 4.69) is 61.9 Å². The third kappa shape index (κ3) is 21.6. The molecule has 0 radical (unpaired) electrons. The van der Waals surface area contributed by atoms with Crippen LogP contribution >= 0.6 is 0 Å². The fraction of sp³-hybridized carbons (Fsp3) is 0.265. The third-order valence-electron chi connectivity index (χ3n) is 28.5. The summed E-state index contributed by atoms with van der Waals surface area (Å²) in [5.74, 6) is -7.10. The van der Waals surface area contributed by atoms with Crippen molar-refractivity contribution in [2.75, 3.05) is 53.9 Å². The Morgan fingerprint density at radius 3 is 0.967 bits per heavy atom. The number of aryl methyl sites for hydroxylation is 3. The number of aromatic nitrogens is 10. The van der Waals surface area contributed by atoms with E-state index in [0.29, 0.717) is 31.7 Å². The molecule has 10 aromatic carbocycles. The van der Waals surface area contributed by atoms with Gasteiger partial charge in [-0.1, -0.05) is 291 Å². The van der Waals surface area contributed by atoms with E-state index in [1.165, 1.54) is 60.3 Å². The van der Waals surface area contributed by atoms with Gasteiger partial charge in [-0.2, -0.15) is 25.5 Å². The number of fused-ring (bicyclic) bond motifs is 5. The summed E-state index contributed by atoms with van der Waals surface area (Å²) in [5.41, 5.74) is 9.18. The van der Waals surface area contributed by atoms with Crippen LogP contribution in [0.3, 0.4) is 0 Å². The zero-order valence-electron chi connectivity index (χ0n) is 84.0. The Labute approximate surface area is 862 Å². The van der Waals surface area contributed by atoms with E-state index in [4.69, 9.17) is 4.74 Å². The summed E-state index contributed by atoms with van der Waals surface area (Å²) in [7, 11) is 4.88. The molecule has 10 heterocycles. The van der Waals surface area contributed by atoms with Crippen molar-refractivity contribution in [1.82, 2.24) is 73.4 Å². The minimum Gasteiger partial charge on any atom is -0.502 e. The zero-order valence-corrected chi connectivity index (χ0v) is 84.0. The van der Waals surface area contributed by atoms with Gasteiger partial charge in [0.25, 0.3) is 29.5 Å². The van der Waals surface area contributed by atoms with Crippen molar-refractivity contribution in [3.05, 3.63) is 468 Å². The number of nitrogens with zero attached hydrogens (tertiary/aromatic N) is 15. The molecule has 33 heteroatoms. The van der Waals surface area contributed by atoms with Crippen LogP contribution in [0.5, 0.6) is 28.7 Å². The van der Waals surface area contributed by atoms with Gasteiger partial charge in [0.15, 0.2) is 51.5 Å². The molecule has 8 unspecified atom stereocenters. The number of likely N-dealkylation sites (N-methyl/N-ethyl adjacent to an activating group) is 3. The summed E-state index contributed by atoms with van der Waals surface area (Å²) in [6.07, 6.45) is 10.6. The van der Waals surface area contributed by atoms with Crippen LogP contribution in [0.2, 0.25) is 0 Å². The van der Waals surface area contributed by atoms with Gasteiger partial charge in [-0.05, 0) is 121 Å². The molecule has 21 rings (SSSR count). The van der Waals surface area contributed by atoms with Crippen LogP contribution in [0.4, 0.5) is 8.78 Å². The highest BCUT2D eigenvalue weighted by atomic mass is 19.1. The number of benzene rings is 10. The molecule has 0 bridgehead atoms. The number of amides is 5. The molecule has 5 aliphatic heterocycles. The third-order valence-corrected chi connectivity index (χ3v) is 28.5. The zero-order chi connectivity index (χ0) is 106. The molecular formula is C117H113F2N15O16. The number of hydrogen-bond acceptors (Lipinski definition) is 21. The van der Waals surface area contributed by atoms with Gasteiger partial charge in [-0.3, -0.25) is 76.1 Å². The molecule has 0 spiro atoms. The number of ether oxygens (including phenoxy) is 1. The number of rotatable bonds is 18. The molecular weight excluding hydrogens is 1910 g/mol. The SMILES string of the molecule is CC(=O)Oc1c2n(ncc1=O)C(C(c1ccccc1)c1ccccc1)CN(C(C)C)C2=O.Cc1cccc(C(c2ccc(F)cc2)C2CN(C)C(=O)c3c(O)c(=O)cnn32)c1.Cc1cccc(C(c2ccccc2)C2CN(C)C(=O)c3c(O)c(=O)cnn32)c1.Cc1cccc(C(c2ccccc2F)C2CN(C)C(=O)c3c(O)c(=O)cnn32)c1.O=C1c2c(O)c(=O)cnn2C(C(c2ccccc2)c2ccccc2)CN1C1CCCCC1. The van der Waals surface area contributed by atoms with Crippen LogP contribution in [0, 0.1) is 32.4 Å². The van der Waals surface area contributed by atoms with E-state index in [-0.39, 0.29) is 118 Å². The van der Waals surface area contributed by atoms with Crippen molar-refractivity contribution in [2.45, 2.75) is 146 Å². The Balaban J connectivity index is 0.000000128. The first kappa shape index (κ1) is 104. The first-order valence-corrected chi connectivity index (χ1v) is 49.6. The summed E-state index contributed by atoms with van der Waals surface area (Å²) in [5, 5.41) is 62.8. The molecule has 1 fully saturated rings. The maximum absolute atomic E-state index is 14.9. The summed E-state index contributed by atoms with van der Waals surface area (Å²) in [6.45, 7) is 12.9. The van der Waals surface area contributed by atoms with Crippen molar-refractivity contribution in [2.24, 2.45) is 0 Å². The van der Waals surface area contributed by atoms with Gasteiger partial charge in [0.2, 0.25) is 32.9 Å². The topological polar surface area (TPSA) is 383 Å². The van der Waals surface area contributed by atoms with E-state index in [1.54, 1.807) is 65.7 Å². The molecule has 0 saturated heterocycles. The van der Waals surface area contributed by atoms with Gasteiger partial charge >= 0.3 is 5.97 Å². The van der Waals surface area contributed by atoms with Gasteiger partial charge < -0.3 is 49.7 Å². The van der Waals surface area contributed by atoms with Crippen LogP contribution in [0.25, 0.3) is 0 Å². The number of esters is 1. The highest BCUT2D eigenvalue weighted by molar-refractivity contribution is 5.99. The van der Waals surface area contributed by atoms with E-state index in [9.17, 15) is 81.9 Å². The minimum atomic E-state index is -0.725. The molecule has 5 aromatic heterocycles. The quantitative estimate of drug-likeness (QED) is 0.0580. The molecule has 766 valence electrons. The van der Waals surface area contributed by atoms with Gasteiger partial charge in [0.05, 0.1) is 61.2 Å². The van der Waals surface area contributed by atoms with E-state index >= 15 is 0 Å². The van der Waals surface area contributed by atoms with Crippen molar-refractivity contribution in [3.63, 3.8) is 0 Å². The van der Waals surface area contributed by atoms with Crippen molar-refractivity contribution < 1.29 is 62.7 Å². The predicted octanol–water partition coefficient (Wildman–Crippen LogP) is 15.9. The Kier molecular flexibility index (Phi) is 31.3. The van der Waals surface area contributed by atoms with Gasteiger partial charge in [-0.25, -0.2) is 8.78 Å². The van der Waals surface area contributed by atoms with Crippen LogP contribution in [-0.4, -0.2) is 195 Å². The number of aromatic hydroxyl groups is 4. The average Bonchev–Trinajstić information content (AvgIpc) is 0.851. The Morgan fingerprint density at radius 1 is 0.327 bits per heavy atom. The standard InChI is InChI=1S/C26H27N3O3.C25H25N3O4.2C22H20FN3O3.C22H21N3O3/c30-22-16-27-29-21(23(18-10-4-1-5-11-18)19-12-6-2-7-13-19)17-28(20-14-8-3-9-15-20)26(32)24(29)25(22)31;1-16(2)27-15-20(22(18-10-6-4-7-11-18)19-12-8-5-9-13-19)28-23(25(27)31)24(32-17(3)29)21(30)14-26-28;1-13-6-5-7-14(10-13)19(15-8-3-4-9-16(15)23)17-12-25(2)22(29)20-21(28)18(27)11-24-26(17)20;1-13-4-3-5-15(10-13)19(14-6-8-16(23)9-7-14)17-12-25(2)22(29)20-21(28)18(27)11-24-26(17)20;1-14-7-6-10-16(11-14)19(15-8-4-3-5-9-15)17-13-24(2)22(28)20-21(27)18(26)12-23-25(17)20/h1-2,4-7,10-13,16,20-21,23,31H,3,8-9,14-15,17H2;4-14,16,20,22H,15H2,1-3H3;2*3-11,17,19,28H,12H2,1-2H3;3-12,17,19,27H,13H2,1-2H3. The molecule has 5 amide bonds. The Bertz CT molecular complexity index is 7790. The molecule has 150 heavy (non-hydrogen) atoms. The number of halogens is 2. The van der Waals surface area contributed by atoms with Crippen molar-refractivity contribution >= 4 is 35.5 Å². The smallest absolute Gasteiger partial charge is 0.308 e. The second kappa shape index (κ2) is 45.2. The fourth-order valence-corrected chi connectivity index (χ4v) is 21.5. The first-order valence-electron chi connectivity index (χ1n) is 49.6. The minimum absolute atomic E-state index is 0.00881. The van der Waals surface area contributed by atoms with Gasteiger partial charge in [0, 0.05) is 102 Å². The molecule has 6 aliphatic rings. The van der Waals surface area contributed by atoms with Gasteiger partial charge in [-0.15, -0.1) is 0 Å². The maximum Gasteiger partial charge on any atom is 0.308 e. The molecule has 15 aromatic rings. The molecule has 4 N–H and O–H groups in total. The predicted molar refractivity (Wildman–Crippen MR) is 558 cm³/mol. The van der Waals surface area contributed by atoms with Crippen LogP contribution in [0.1, 0.15) is 237 Å². The summed E-state index contributed by atoms with van der Waals surface area (Å²) in [6, 6.07) is 85.2. The number of hydrogen-bond donors (Lipinski definition) is 4. The normalized spacial score (nSPS) is 17.3. The van der Waals surface area contributed by atoms with Gasteiger partial charge in [0.1, 0.15) is 11.6 Å². The van der Waals surface area contributed by atoms with Crippen molar-refractivity contribution in [3.8, 4) is 28.7 Å². The Morgan fingerprint density at radius 2 is 0.620 bits per heavy atom. The van der Waals surface area contributed by atoms with Crippen LogP contribution in [-0.2, 0) is 4.79 Å². The van der Waals surface area contributed by atoms with E-state index in [1.807, 2.05) is 228 Å². The monoisotopic (exact) mass is 2020 g/mol. The van der Waals surface area contributed by atoms with Crippen LogP contribution < -0.4 is 31.9 Å². The lowest BCUT2D eigenvalue weighted by atomic mass is 9.83. The molecule has 1 aliphatic carbocycles. The number of carbonyl (C=O) groups is 6. The highest BCUT2D eigenvalue weighted by Gasteiger charge is 2.47. The highest BCUT2D eigenvalue weighted by Crippen LogP contribution is 2.48. The lowest BCUT2D eigenvalue weighted by Gasteiger charge is -2.43. The lowest BCUT2D eigenvalue weighted by molar-refractivity contribution is -0.132. The summed E-state index contributed by atoms with van der Waals surface area (Å²) < 4.78 is 41.1. The van der Waals surface area contributed by atoms with E-state index < -0.39 is 91.8 Å². The van der Waals surface area contributed by atoms with E-state index in [0.717, 1.165) is 123 Å². The second-order valence-corrected chi connectivity index (χ2v) is 38.8. The van der Waals surface area contributed by atoms with Crippen LogP contribution in [0.15, 0.2) is 328 Å². The largest absolute Gasteiger partial charge is 0.502 e. The maximum atomic E-state index is 14.9. The first-order chi connectivity index (χ1) is 72.2. The Hall–Kier alpha value is -17.5. The second-order valence-electron chi connectivity index (χ2n) is 38.8. The summed E-state index contributed by atoms with van der Waals surface area (Å²) in [4.78, 5) is 145. The lowest BCUT2D eigenvalue weighted by Crippen LogP contribution is -2.51. The molecule has 1 saturated carbocycles. The van der Waals surface area contributed by atoms with Crippen molar-refractivity contribution in [1.29, 1.82) is 0 Å². The fourth-order valence-electron chi connectivity index (χ4n) is 21.5.